The monoisotopic (exact) mass is 1370 g/mol. The maximum atomic E-state index is 14.0. The Morgan fingerprint density at radius 2 is 0.737 bits per heavy atom. The Labute approximate surface area is 541 Å². The molecule has 0 bridgehead atoms. The second kappa shape index (κ2) is 36.9. The van der Waals surface area contributed by atoms with Crippen LogP contribution >= 0.6 is 0 Å². The van der Waals surface area contributed by atoms with Crippen molar-refractivity contribution in [2.24, 2.45) is 11.5 Å². The number of carbonyl (C=O) groups is 12. The maximum absolute atomic E-state index is 14.0. The minimum absolute atomic E-state index is 0.402. The molecule has 0 radical (unpaired) electrons. The number of carboxylic acid groups (broad SMARTS) is 2. The van der Waals surface area contributed by atoms with Gasteiger partial charge in [0.05, 0.1) is 26.4 Å². The number of nitrogens with one attached hydrogen (secondary N) is 8. The van der Waals surface area contributed by atoms with Crippen molar-refractivity contribution >= 4 is 71.0 Å². The second-order valence-electron chi connectivity index (χ2n) is 22.8. The van der Waals surface area contributed by atoms with Crippen LogP contribution in [-0.4, -0.2) is 307 Å². The van der Waals surface area contributed by atoms with Crippen molar-refractivity contribution in [3.8, 4) is 0 Å². The van der Waals surface area contributed by atoms with Crippen LogP contribution in [0.4, 0.5) is 0 Å². The molecule has 0 aliphatic carbocycles. The Hall–Kier alpha value is -7.04. The molecule has 10 amide bonds. The van der Waals surface area contributed by atoms with Crippen LogP contribution in [0, 0.1) is 0 Å². The van der Waals surface area contributed by atoms with E-state index < -0.39 is 282 Å². The molecule has 26 atom stereocenters. The quantitative estimate of drug-likeness (QED) is 0.0284. The minimum atomic E-state index is -2.19. The Morgan fingerprint density at radius 1 is 0.411 bits per heavy atom. The van der Waals surface area contributed by atoms with E-state index in [4.69, 9.17) is 64.3 Å². The van der Waals surface area contributed by atoms with Gasteiger partial charge in [-0.15, -0.1) is 0 Å². The molecule has 22 N–H and O–H groups in total. The number of rotatable bonds is 34. The zero-order chi connectivity index (χ0) is 71.6. The summed E-state index contributed by atoms with van der Waals surface area (Å²) in [5, 5.41) is 126. The molecule has 4 aliphatic rings. The van der Waals surface area contributed by atoms with E-state index in [1.165, 1.54) is 6.92 Å². The van der Waals surface area contributed by atoms with Gasteiger partial charge in [0, 0.05) is 40.5 Å². The molecule has 0 aromatic rings. The first kappa shape index (κ1) is 80.4. The summed E-state index contributed by atoms with van der Waals surface area (Å²) >= 11 is 0. The number of aliphatic hydroxyl groups excluding tert-OH is 8. The van der Waals surface area contributed by atoms with E-state index in [2.05, 4.69) is 42.5 Å². The molecule has 540 valence electrons. The van der Waals surface area contributed by atoms with Crippen LogP contribution < -0.4 is 54.0 Å². The van der Waals surface area contributed by atoms with Crippen molar-refractivity contribution in [3.63, 3.8) is 0 Å². The van der Waals surface area contributed by atoms with Gasteiger partial charge in [0.15, 0.2) is 25.2 Å². The topological polar surface area (TPSA) is 638 Å². The molecule has 4 aliphatic heterocycles. The first-order valence-corrected chi connectivity index (χ1v) is 29.9. The lowest BCUT2D eigenvalue weighted by Crippen LogP contribution is -2.72. The lowest BCUT2D eigenvalue weighted by Gasteiger charge is -2.52. The van der Waals surface area contributed by atoms with E-state index in [1.807, 2.05) is 0 Å². The summed E-state index contributed by atoms with van der Waals surface area (Å²) in [6, 6.07) is -13.1. The Balaban J connectivity index is 1.78. The Bertz CT molecular complexity index is 2690. The summed E-state index contributed by atoms with van der Waals surface area (Å²) in [4.78, 5) is 152. The van der Waals surface area contributed by atoms with Gasteiger partial charge in [-0.25, -0.2) is 0 Å². The van der Waals surface area contributed by atoms with Crippen LogP contribution in [-0.2, 0) is 100 Å². The highest BCUT2D eigenvalue weighted by Gasteiger charge is 2.58. The first-order chi connectivity index (χ1) is 44.5. The highest BCUT2D eigenvalue weighted by Crippen LogP contribution is 2.36. The number of primary amides is 2. The van der Waals surface area contributed by atoms with Gasteiger partial charge < -0.3 is 148 Å². The fourth-order valence-electron chi connectivity index (χ4n) is 10.5. The third-order valence-electron chi connectivity index (χ3n) is 15.3. The Kier molecular flexibility index (Phi) is 31.2. The van der Waals surface area contributed by atoms with Gasteiger partial charge in [-0.3, -0.25) is 57.5 Å². The summed E-state index contributed by atoms with van der Waals surface area (Å²) < 4.78 is 55.2. The van der Waals surface area contributed by atoms with E-state index in [1.54, 1.807) is 0 Å². The molecule has 0 aromatic heterocycles. The minimum Gasteiger partial charge on any atom is -0.481 e. The summed E-state index contributed by atoms with van der Waals surface area (Å²) in [6.45, 7) is 4.30. The predicted molar refractivity (Wildman–Crippen MR) is 308 cm³/mol. The van der Waals surface area contributed by atoms with Crippen molar-refractivity contribution < 1.29 is 151 Å². The fraction of sp³-hybridized carbons (Fsp3) is 0.778. The number of carbonyl (C=O) groups excluding carboxylic acids is 10. The summed E-state index contributed by atoms with van der Waals surface area (Å²) in [5.74, 6) is -12.5. The fourth-order valence-corrected chi connectivity index (χ4v) is 10.5. The number of hydrogen-bond donors (Lipinski definition) is 20. The molecule has 95 heavy (non-hydrogen) atoms. The number of amides is 10. The third kappa shape index (κ3) is 22.5. The standard InChI is InChI=1S/C54H88N10O31/c1-17(47(82)63-25(45(55)80)9-11-31(73)74)57-49(84)19(3)87-43-35(61-23(7)71)51(86)89-29(15-67)41(43)94-53-34(60-22(6)70)39(79)40(28(14-66)91-53)93-54-36(62-24(8)72)44(88-20(4)50(85)58-18(2)48(83)64-26(46(56)81)10-12-32(75)76)42(30(16-68)92-54)95-52-33(59-21(5)69)38(78)37(77)27(13-65)90-52/h17-20,25-30,33-44,51-54,65-68,77-79,86H,9-16H2,1-8H3,(H2,55,80)(H2,56,81)(H,57,84)(H,58,85)(H,59,69)(H,60,70)(H,61,71)(H,62,72)(H,63,82)(H,64,83)(H,73,74)(H,75,76)/t17-,18-,19?,20?,25+,26+,27+,28+,29+,30+,33+,34+,35+,36+,37+,38+,39+,40+,41+,42+,43+,44+,51?,52-,53-,54-/m0/s1. The lowest BCUT2D eigenvalue weighted by molar-refractivity contribution is -0.365. The van der Waals surface area contributed by atoms with Crippen LogP contribution in [0.25, 0.3) is 0 Å². The summed E-state index contributed by atoms with van der Waals surface area (Å²) in [5.41, 5.74) is 10.7. The molecule has 0 saturated carbocycles. The molecular weight excluding hydrogens is 1280 g/mol. The highest BCUT2D eigenvalue weighted by molar-refractivity contribution is 5.93. The van der Waals surface area contributed by atoms with E-state index >= 15 is 0 Å². The average molecular weight is 1370 g/mol. The van der Waals surface area contributed by atoms with E-state index in [0.29, 0.717) is 0 Å². The van der Waals surface area contributed by atoms with E-state index in [9.17, 15) is 98.4 Å². The second-order valence-corrected chi connectivity index (χ2v) is 22.8. The number of ether oxygens (including phenoxy) is 9. The predicted octanol–water partition coefficient (Wildman–Crippen LogP) is -11.7. The largest absolute Gasteiger partial charge is 0.481 e. The maximum Gasteiger partial charge on any atom is 0.303 e. The van der Waals surface area contributed by atoms with Gasteiger partial charge in [-0.2, -0.15) is 0 Å². The number of aliphatic hydroxyl groups is 8. The van der Waals surface area contributed by atoms with Gasteiger partial charge in [-0.1, -0.05) is 0 Å². The van der Waals surface area contributed by atoms with Crippen LogP contribution in [0.1, 0.15) is 81.1 Å². The zero-order valence-corrected chi connectivity index (χ0v) is 52.9. The van der Waals surface area contributed by atoms with Crippen molar-refractivity contribution in [1.29, 1.82) is 0 Å². The Morgan fingerprint density at radius 3 is 1.12 bits per heavy atom. The van der Waals surface area contributed by atoms with Crippen molar-refractivity contribution in [3.05, 3.63) is 0 Å². The molecule has 3 unspecified atom stereocenters. The third-order valence-corrected chi connectivity index (χ3v) is 15.3. The van der Waals surface area contributed by atoms with E-state index in [-0.39, 0.29) is 0 Å². The number of nitrogens with two attached hydrogens (primary N) is 2. The number of aliphatic carboxylic acids is 2. The molecule has 41 heteroatoms. The molecule has 4 saturated heterocycles. The molecule has 0 spiro atoms. The zero-order valence-electron chi connectivity index (χ0n) is 52.9. The molecule has 0 aromatic carbocycles. The number of carboxylic acids is 2. The average Bonchev–Trinajstić information content (AvgIpc) is 0.769. The summed E-state index contributed by atoms with van der Waals surface area (Å²) in [7, 11) is 0. The van der Waals surface area contributed by atoms with Crippen molar-refractivity contribution in [2.45, 2.75) is 240 Å². The smallest absolute Gasteiger partial charge is 0.303 e. The van der Waals surface area contributed by atoms with Gasteiger partial charge in [0.25, 0.3) is 0 Å². The van der Waals surface area contributed by atoms with Gasteiger partial charge in [0.2, 0.25) is 59.1 Å². The molecule has 4 heterocycles. The summed E-state index contributed by atoms with van der Waals surface area (Å²) in [6.07, 6.45) is -36.1. The van der Waals surface area contributed by atoms with E-state index in [0.717, 1.165) is 48.5 Å². The first-order valence-electron chi connectivity index (χ1n) is 29.9. The molecule has 4 rings (SSSR count). The highest BCUT2D eigenvalue weighted by atomic mass is 16.8. The van der Waals surface area contributed by atoms with Gasteiger partial charge in [-0.05, 0) is 40.5 Å². The molecule has 41 nitrogen and oxygen atoms in total. The van der Waals surface area contributed by atoms with Gasteiger partial charge >= 0.3 is 11.9 Å². The SMILES string of the molecule is CC(=O)N[C@H]1[C@H](O[C@H]2[C@H](OC(C)C(=O)N[C@@H](C)C(=O)N[C@H](CCC(=O)O)C(N)=O)[C@@H](NC(C)=O)C(O)O[C@@H]2CO)O[C@H](CO)[C@@H](O[C@@H]2O[C@H](CO)[C@@H](O[C@@H]3O[C@H](CO)[C@@H](O)[C@H](O)[C@H]3NC(C)=O)[C@H](OC(C)C(=O)N[C@@H](C)C(=O)N[C@H](CCC(=O)O)C(N)=O)[C@H]2NC(C)=O)[C@@H]1O. The van der Waals surface area contributed by atoms with Crippen LogP contribution in [0.2, 0.25) is 0 Å². The van der Waals surface area contributed by atoms with Crippen LogP contribution in [0.3, 0.4) is 0 Å². The molecular formula is C54H88N10O31. The number of hydrogen-bond acceptors (Lipinski definition) is 29. The van der Waals surface area contributed by atoms with Crippen LogP contribution in [0.15, 0.2) is 0 Å². The van der Waals surface area contributed by atoms with Gasteiger partial charge in [0.1, 0.15) is 134 Å². The van der Waals surface area contributed by atoms with Crippen LogP contribution in [0.5, 0.6) is 0 Å². The van der Waals surface area contributed by atoms with Crippen molar-refractivity contribution in [1.82, 2.24) is 42.5 Å². The molecule has 4 fully saturated rings. The lowest BCUT2D eigenvalue weighted by atomic mass is 9.92. The van der Waals surface area contributed by atoms with Crippen molar-refractivity contribution in [2.75, 3.05) is 26.4 Å². The normalized spacial score (nSPS) is 32.6.